The van der Waals surface area contributed by atoms with Crippen LogP contribution in [0.5, 0.6) is 5.75 Å². The van der Waals surface area contributed by atoms with Gasteiger partial charge >= 0.3 is 7.12 Å². The minimum Gasteiger partial charge on any atom is -0.486 e. The van der Waals surface area contributed by atoms with E-state index in [1.807, 2.05) is 20.8 Å². The first-order chi connectivity index (χ1) is 9.88. The zero-order chi connectivity index (χ0) is 15.6. The molecule has 0 fully saturated rings. The van der Waals surface area contributed by atoms with Crippen molar-refractivity contribution in [1.29, 1.82) is 0 Å². The molecule has 0 spiro atoms. The second-order valence-corrected chi connectivity index (χ2v) is 5.23. The Morgan fingerprint density at radius 2 is 1.67 bits per heavy atom. The Balaban J connectivity index is 2.22. The molecule has 0 heterocycles. The summed E-state index contributed by atoms with van der Waals surface area (Å²) in [5.41, 5.74) is 4.56. The van der Waals surface area contributed by atoms with Crippen molar-refractivity contribution in [2.45, 2.75) is 27.4 Å². The predicted octanol–water partition coefficient (Wildman–Crippen LogP) is 2.01. The lowest BCUT2D eigenvalue weighted by atomic mass is 9.80. The molecule has 110 valence electrons. The molecular weight excluding hydrogens is 270 g/mol. The number of rotatable bonds is 4. The molecule has 0 bridgehead atoms. The van der Waals surface area contributed by atoms with E-state index in [0.717, 1.165) is 16.7 Å². The molecule has 0 unspecified atom stereocenters. The Bertz CT molecular complexity index is 633. The van der Waals surface area contributed by atoms with Crippen molar-refractivity contribution in [3.63, 3.8) is 0 Å². The zero-order valence-corrected chi connectivity index (χ0v) is 12.4. The highest BCUT2D eigenvalue weighted by Gasteiger charge is 2.15. The highest BCUT2D eigenvalue weighted by molar-refractivity contribution is 6.58. The van der Waals surface area contributed by atoms with Crippen LogP contribution in [-0.4, -0.2) is 17.2 Å². The van der Waals surface area contributed by atoms with Crippen molar-refractivity contribution in [2.24, 2.45) is 0 Å². The Labute approximate surface area is 124 Å². The summed E-state index contributed by atoms with van der Waals surface area (Å²) in [5.74, 6) is -0.512. The third-order valence-corrected chi connectivity index (χ3v) is 3.47. The summed E-state index contributed by atoms with van der Waals surface area (Å²) < 4.78 is 19.2. The van der Waals surface area contributed by atoms with Crippen LogP contribution >= 0.6 is 0 Å². The van der Waals surface area contributed by atoms with Gasteiger partial charge in [0.05, 0.1) is 0 Å². The molecule has 5 heteroatoms. The van der Waals surface area contributed by atoms with E-state index in [2.05, 4.69) is 12.1 Å². The highest BCUT2D eigenvalue weighted by Crippen LogP contribution is 2.21. The maximum Gasteiger partial charge on any atom is 0.488 e. The molecule has 0 aliphatic rings. The average Bonchev–Trinajstić information content (AvgIpc) is 2.39. The van der Waals surface area contributed by atoms with Crippen LogP contribution in [0, 0.1) is 26.6 Å². The van der Waals surface area contributed by atoms with Crippen LogP contribution in [0.3, 0.4) is 0 Å². The number of aryl methyl sites for hydroxylation is 3. The Hall–Kier alpha value is -1.85. The third-order valence-electron chi connectivity index (χ3n) is 3.47. The number of hydrogen-bond donors (Lipinski definition) is 2. The summed E-state index contributed by atoms with van der Waals surface area (Å²) in [6.45, 7) is 6.24. The molecule has 0 atom stereocenters. The first kappa shape index (κ1) is 15.5. The van der Waals surface area contributed by atoms with Crippen LogP contribution in [0.25, 0.3) is 0 Å². The molecule has 0 saturated carbocycles. The number of halogens is 1. The molecule has 2 aromatic rings. The van der Waals surface area contributed by atoms with E-state index >= 15 is 0 Å². The fraction of sp³-hybridized carbons (Fsp3) is 0.250. The van der Waals surface area contributed by atoms with E-state index in [-0.39, 0.29) is 17.8 Å². The normalized spacial score (nSPS) is 10.6. The van der Waals surface area contributed by atoms with Gasteiger partial charge in [0.15, 0.2) is 11.6 Å². The molecule has 0 aliphatic carbocycles. The van der Waals surface area contributed by atoms with E-state index in [0.29, 0.717) is 0 Å². The number of hydrogen-bond acceptors (Lipinski definition) is 3. The maximum absolute atomic E-state index is 13.7. The van der Waals surface area contributed by atoms with Gasteiger partial charge in [-0.3, -0.25) is 0 Å². The van der Waals surface area contributed by atoms with Gasteiger partial charge in [0.25, 0.3) is 0 Å². The van der Waals surface area contributed by atoms with Gasteiger partial charge in [0, 0.05) is 0 Å². The van der Waals surface area contributed by atoms with Crippen molar-refractivity contribution < 1.29 is 19.2 Å². The van der Waals surface area contributed by atoms with Crippen LogP contribution in [0.1, 0.15) is 22.3 Å². The predicted molar refractivity (Wildman–Crippen MR) is 81.2 cm³/mol. The van der Waals surface area contributed by atoms with Crippen molar-refractivity contribution in [3.05, 3.63) is 58.4 Å². The maximum atomic E-state index is 13.7. The summed E-state index contributed by atoms with van der Waals surface area (Å²) in [4.78, 5) is 0. The molecule has 3 nitrogen and oxygen atoms in total. The first-order valence-corrected chi connectivity index (χ1v) is 6.73. The van der Waals surface area contributed by atoms with Crippen LogP contribution in [-0.2, 0) is 6.61 Å². The van der Waals surface area contributed by atoms with E-state index < -0.39 is 12.9 Å². The molecule has 21 heavy (non-hydrogen) atoms. The molecule has 2 rings (SSSR count). The van der Waals surface area contributed by atoms with Crippen molar-refractivity contribution in [2.75, 3.05) is 0 Å². The molecular formula is C16H18BFO3. The van der Waals surface area contributed by atoms with Crippen LogP contribution < -0.4 is 10.2 Å². The summed E-state index contributed by atoms with van der Waals surface area (Å²) in [5, 5.41) is 18.2. The lowest BCUT2D eigenvalue weighted by molar-refractivity contribution is 0.289. The second kappa shape index (κ2) is 6.29. The first-order valence-electron chi connectivity index (χ1n) is 6.73. The average molecular weight is 288 g/mol. The monoisotopic (exact) mass is 288 g/mol. The van der Waals surface area contributed by atoms with Crippen molar-refractivity contribution in [3.8, 4) is 5.75 Å². The standard InChI is InChI=1S/C16H18BFO3/c1-10-6-11(2)14(12(3)7-10)9-21-16-8-13(17(19)20)4-5-15(16)18/h4-8,19-20H,9H2,1-3H3. The van der Waals surface area contributed by atoms with Gasteiger partial charge in [-0.25, -0.2) is 4.39 Å². The smallest absolute Gasteiger partial charge is 0.486 e. The summed E-state index contributed by atoms with van der Waals surface area (Å²) >= 11 is 0. The van der Waals surface area contributed by atoms with Crippen molar-refractivity contribution in [1.82, 2.24) is 0 Å². The summed E-state index contributed by atoms with van der Waals surface area (Å²) in [7, 11) is -1.64. The summed E-state index contributed by atoms with van der Waals surface area (Å²) in [6.07, 6.45) is 0. The van der Waals surface area contributed by atoms with Gasteiger partial charge in [-0.05, 0) is 55.1 Å². The minimum atomic E-state index is -1.64. The topological polar surface area (TPSA) is 49.7 Å². The quantitative estimate of drug-likeness (QED) is 0.846. The molecule has 2 aromatic carbocycles. The molecule has 0 radical (unpaired) electrons. The summed E-state index contributed by atoms with van der Waals surface area (Å²) in [6, 6.07) is 7.89. The zero-order valence-electron chi connectivity index (χ0n) is 12.4. The highest BCUT2D eigenvalue weighted by atomic mass is 19.1. The van der Waals surface area contributed by atoms with E-state index in [9.17, 15) is 4.39 Å². The molecule has 2 N–H and O–H groups in total. The lowest BCUT2D eigenvalue weighted by Gasteiger charge is -2.14. The van der Waals surface area contributed by atoms with Gasteiger partial charge in [0.1, 0.15) is 6.61 Å². The number of benzene rings is 2. The second-order valence-electron chi connectivity index (χ2n) is 5.23. The van der Waals surface area contributed by atoms with Gasteiger partial charge in [-0.15, -0.1) is 0 Å². The minimum absolute atomic E-state index is 0.0139. The lowest BCUT2D eigenvalue weighted by Crippen LogP contribution is -2.29. The van der Waals surface area contributed by atoms with E-state index in [4.69, 9.17) is 14.8 Å². The molecule has 0 amide bonds. The van der Waals surface area contributed by atoms with Crippen LogP contribution in [0.15, 0.2) is 30.3 Å². The van der Waals surface area contributed by atoms with Crippen LogP contribution in [0.4, 0.5) is 4.39 Å². The van der Waals surface area contributed by atoms with Gasteiger partial charge < -0.3 is 14.8 Å². The Morgan fingerprint density at radius 1 is 1.05 bits per heavy atom. The molecule has 0 saturated heterocycles. The van der Waals surface area contributed by atoms with Gasteiger partial charge in [0.2, 0.25) is 0 Å². The fourth-order valence-corrected chi connectivity index (χ4v) is 2.38. The van der Waals surface area contributed by atoms with Crippen LogP contribution in [0.2, 0.25) is 0 Å². The largest absolute Gasteiger partial charge is 0.488 e. The van der Waals surface area contributed by atoms with Gasteiger partial charge in [-0.1, -0.05) is 23.8 Å². The Kier molecular flexibility index (Phi) is 4.65. The molecule has 0 aromatic heterocycles. The SMILES string of the molecule is Cc1cc(C)c(COc2cc(B(O)O)ccc2F)c(C)c1. The van der Waals surface area contributed by atoms with E-state index in [1.54, 1.807) is 0 Å². The number of ether oxygens (including phenoxy) is 1. The Morgan fingerprint density at radius 3 is 2.24 bits per heavy atom. The van der Waals surface area contributed by atoms with Gasteiger partial charge in [-0.2, -0.15) is 0 Å². The fourth-order valence-electron chi connectivity index (χ4n) is 2.38. The third kappa shape index (κ3) is 3.62. The van der Waals surface area contributed by atoms with E-state index in [1.165, 1.54) is 23.8 Å². The molecule has 0 aliphatic heterocycles. The van der Waals surface area contributed by atoms with Crippen molar-refractivity contribution >= 4 is 12.6 Å².